The molecule has 0 N–H and O–H groups in total. The first kappa shape index (κ1) is 14.9. The quantitative estimate of drug-likeness (QED) is 0.862. The molecule has 0 radical (unpaired) electrons. The summed E-state index contributed by atoms with van der Waals surface area (Å²) in [7, 11) is 0. The standard InChI is InChI=1S/C18H23N3OS/c1-2-17(22)20-11-5-8-14(20)15-9-6-12-21(15)18-19-13-7-3-4-10-16(13)23-18/h3-4,7,10,14-15H,2,5-6,8-9,11-12H2,1H3. The normalized spacial score (nSPS) is 24.7. The Morgan fingerprint density at radius 1 is 1.22 bits per heavy atom. The highest BCUT2D eigenvalue weighted by molar-refractivity contribution is 7.22. The topological polar surface area (TPSA) is 36.4 Å². The Labute approximate surface area is 141 Å². The Morgan fingerprint density at radius 3 is 2.83 bits per heavy atom. The number of anilines is 1. The van der Waals surface area contributed by atoms with E-state index in [0.29, 0.717) is 24.4 Å². The van der Waals surface area contributed by atoms with Crippen LogP contribution in [0.4, 0.5) is 5.13 Å². The first-order valence-electron chi connectivity index (χ1n) is 8.69. The van der Waals surface area contributed by atoms with Gasteiger partial charge in [0.25, 0.3) is 0 Å². The summed E-state index contributed by atoms with van der Waals surface area (Å²) in [5.74, 6) is 0.309. The molecule has 0 bridgehead atoms. The Hall–Kier alpha value is -1.62. The molecule has 2 atom stereocenters. The van der Waals surface area contributed by atoms with Gasteiger partial charge in [-0.15, -0.1) is 0 Å². The monoisotopic (exact) mass is 329 g/mol. The van der Waals surface area contributed by atoms with Gasteiger partial charge in [-0.1, -0.05) is 30.4 Å². The number of aromatic nitrogens is 1. The van der Waals surface area contributed by atoms with Crippen molar-refractivity contribution in [3.8, 4) is 0 Å². The number of hydrogen-bond acceptors (Lipinski definition) is 4. The van der Waals surface area contributed by atoms with Gasteiger partial charge in [0.1, 0.15) is 0 Å². The number of amides is 1. The zero-order valence-electron chi connectivity index (χ0n) is 13.6. The van der Waals surface area contributed by atoms with Gasteiger partial charge < -0.3 is 9.80 Å². The van der Waals surface area contributed by atoms with Crippen molar-refractivity contribution in [1.82, 2.24) is 9.88 Å². The van der Waals surface area contributed by atoms with Crippen LogP contribution in [0.2, 0.25) is 0 Å². The molecule has 1 aromatic heterocycles. The highest BCUT2D eigenvalue weighted by Crippen LogP contribution is 2.37. The van der Waals surface area contributed by atoms with Crippen LogP contribution in [0.5, 0.6) is 0 Å². The van der Waals surface area contributed by atoms with Gasteiger partial charge in [-0.05, 0) is 37.8 Å². The summed E-state index contributed by atoms with van der Waals surface area (Å²) < 4.78 is 1.25. The van der Waals surface area contributed by atoms with Crippen molar-refractivity contribution in [2.75, 3.05) is 18.0 Å². The van der Waals surface area contributed by atoms with E-state index >= 15 is 0 Å². The highest BCUT2D eigenvalue weighted by Gasteiger charge is 2.40. The third-order valence-electron chi connectivity index (χ3n) is 5.19. The number of fused-ring (bicyclic) bond motifs is 1. The van der Waals surface area contributed by atoms with Crippen LogP contribution in [0.1, 0.15) is 39.0 Å². The van der Waals surface area contributed by atoms with Crippen molar-refractivity contribution in [2.45, 2.75) is 51.1 Å². The molecule has 4 nitrogen and oxygen atoms in total. The predicted molar refractivity (Wildman–Crippen MR) is 95.0 cm³/mol. The van der Waals surface area contributed by atoms with Crippen LogP contribution in [0.25, 0.3) is 10.2 Å². The first-order valence-corrected chi connectivity index (χ1v) is 9.51. The highest BCUT2D eigenvalue weighted by atomic mass is 32.1. The van der Waals surface area contributed by atoms with Crippen molar-refractivity contribution in [2.24, 2.45) is 0 Å². The number of likely N-dealkylation sites (tertiary alicyclic amines) is 1. The minimum absolute atomic E-state index is 0.309. The molecule has 1 aromatic carbocycles. The maximum absolute atomic E-state index is 12.3. The van der Waals surface area contributed by atoms with Crippen LogP contribution in [-0.4, -0.2) is 41.0 Å². The van der Waals surface area contributed by atoms with Crippen LogP contribution in [-0.2, 0) is 4.79 Å². The van der Waals surface area contributed by atoms with Crippen LogP contribution in [0.3, 0.4) is 0 Å². The fraction of sp³-hybridized carbons (Fsp3) is 0.556. The molecule has 2 unspecified atom stereocenters. The van der Waals surface area contributed by atoms with Gasteiger partial charge in [0.15, 0.2) is 5.13 Å². The number of para-hydroxylation sites is 1. The maximum Gasteiger partial charge on any atom is 0.222 e. The van der Waals surface area contributed by atoms with Crippen molar-refractivity contribution in [3.63, 3.8) is 0 Å². The number of nitrogens with zero attached hydrogens (tertiary/aromatic N) is 3. The largest absolute Gasteiger partial charge is 0.343 e. The van der Waals surface area contributed by atoms with Crippen molar-refractivity contribution in [1.29, 1.82) is 0 Å². The van der Waals surface area contributed by atoms with Crippen LogP contribution in [0.15, 0.2) is 24.3 Å². The first-order chi connectivity index (χ1) is 11.3. The molecule has 4 rings (SSSR count). The van der Waals surface area contributed by atoms with Gasteiger partial charge in [0.2, 0.25) is 5.91 Å². The summed E-state index contributed by atoms with van der Waals surface area (Å²) in [5.41, 5.74) is 1.09. The summed E-state index contributed by atoms with van der Waals surface area (Å²) >= 11 is 1.78. The second-order valence-electron chi connectivity index (χ2n) is 6.52. The molecule has 1 amide bonds. The van der Waals surface area contributed by atoms with Crippen LogP contribution < -0.4 is 4.90 Å². The summed E-state index contributed by atoms with van der Waals surface area (Å²) in [5, 5.41) is 1.13. The number of benzene rings is 1. The molecule has 3 heterocycles. The minimum atomic E-state index is 0.309. The average Bonchev–Trinajstić information content (AvgIpc) is 3.29. The average molecular weight is 329 g/mol. The van der Waals surface area contributed by atoms with E-state index in [4.69, 9.17) is 4.98 Å². The van der Waals surface area contributed by atoms with Crippen LogP contribution in [0, 0.1) is 0 Å². The van der Waals surface area contributed by atoms with E-state index in [9.17, 15) is 4.79 Å². The lowest BCUT2D eigenvalue weighted by Gasteiger charge is -2.34. The van der Waals surface area contributed by atoms with Crippen LogP contribution >= 0.6 is 11.3 Å². The lowest BCUT2D eigenvalue weighted by molar-refractivity contribution is -0.131. The third kappa shape index (κ3) is 2.61. The lowest BCUT2D eigenvalue weighted by Crippen LogP contribution is -2.48. The Bertz CT molecular complexity index is 680. The number of hydrogen-bond donors (Lipinski definition) is 0. The van der Waals surface area contributed by atoms with E-state index in [1.807, 2.05) is 13.0 Å². The van der Waals surface area contributed by atoms with E-state index in [1.54, 1.807) is 11.3 Å². The summed E-state index contributed by atoms with van der Waals surface area (Å²) in [4.78, 5) is 21.7. The number of rotatable bonds is 3. The third-order valence-corrected chi connectivity index (χ3v) is 6.27. The molecular weight excluding hydrogens is 306 g/mol. The van der Waals surface area contributed by atoms with Gasteiger partial charge in [-0.2, -0.15) is 0 Å². The summed E-state index contributed by atoms with van der Waals surface area (Å²) in [6.07, 6.45) is 5.27. The number of carbonyl (C=O) groups is 1. The number of carbonyl (C=O) groups excluding carboxylic acids is 1. The van der Waals surface area contributed by atoms with E-state index < -0.39 is 0 Å². The molecule has 0 spiro atoms. The molecule has 2 saturated heterocycles. The van der Waals surface area contributed by atoms with Crippen molar-refractivity contribution >= 4 is 32.6 Å². The molecule has 5 heteroatoms. The van der Waals surface area contributed by atoms with Gasteiger partial charge in [0.05, 0.1) is 22.3 Å². The number of thiazole rings is 1. The van der Waals surface area contributed by atoms with E-state index in [2.05, 4.69) is 28.0 Å². The minimum Gasteiger partial charge on any atom is -0.343 e. The molecule has 2 aromatic rings. The van der Waals surface area contributed by atoms with Crippen molar-refractivity contribution < 1.29 is 4.79 Å². The van der Waals surface area contributed by atoms with Gasteiger partial charge in [-0.3, -0.25) is 4.79 Å². The van der Waals surface area contributed by atoms with Gasteiger partial charge in [-0.25, -0.2) is 4.98 Å². The Kier molecular flexibility index (Phi) is 3.97. The zero-order valence-corrected chi connectivity index (χ0v) is 14.4. The molecule has 23 heavy (non-hydrogen) atoms. The fourth-order valence-electron chi connectivity index (χ4n) is 4.12. The zero-order chi connectivity index (χ0) is 15.8. The second-order valence-corrected chi connectivity index (χ2v) is 7.53. The molecule has 122 valence electrons. The van der Waals surface area contributed by atoms with E-state index in [-0.39, 0.29) is 0 Å². The Balaban J connectivity index is 1.62. The molecule has 2 fully saturated rings. The smallest absolute Gasteiger partial charge is 0.222 e. The van der Waals surface area contributed by atoms with Gasteiger partial charge in [0, 0.05) is 19.5 Å². The predicted octanol–water partition coefficient (Wildman–Crippen LogP) is 3.67. The lowest BCUT2D eigenvalue weighted by atomic mass is 10.0. The van der Waals surface area contributed by atoms with Gasteiger partial charge >= 0.3 is 0 Å². The van der Waals surface area contributed by atoms with E-state index in [1.165, 1.54) is 17.5 Å². The molecule has 0 aliphatic carbocycles. The SMILES string of the molecule is CCC(=O)N1CCCC1C1CCCN1c1nc2ccccc2s1. The maximum atomic E-state index is 12.3. The summed E-state index contributed by atoms with van der Waals surface area (Å²) in [6.45, 7) is 3.97. The molecule has 2 aliphatic heterocycles. The molecule has 2 aliphatic rings. The molecule has 0 saturated carbocycles. The second kappa shape index (κ2) is 6.11. The fourth-order valence-corrected chi connectivity index (χ4v) is 5.17. The van der Waals surface area contributed by atoms with Crippen molar-refractivity contribution in [3.05, 3.63) is 24.3 Å². The Morgan fingerprint density at radius 2 is 2.00 bits per heavy atom. The van der Waals surface area contributed by atoms with E-state index in [0.717, 1.165) is 36.6 Å². The summed E-state index contributed by atoms with van der Waals surface area (Å²) in [6, 6.07) is 9.16. The molecular formula is C18H23N3OS.